The minimum atomic E-state index is -0.963. The van der Waals surface area contributed by atoms with E-state index in [4.69, 9.17) is 14.2 Å². The molecule has 1 saturated heterocycles. The molecule has 0 bridgehead atoms. The summed E-state index contributed by atoms with van der Waals surface area (Å²) in [6.45, 7) is 0.0658. The Kier molecular flexibility index (Phi) is 5.63. The maximum atomic E-state index is 10.5. The second kappa shape index (κ2) is 7.46. The molecular formula is C14H19NO6. The Balaban J connectivity index is 1.96. The number of nitrogens with zero attached hydrogens (tertiary/aromatic N) is 1. The third-order valence-corrected chi connectivity index (χ3v) is 3.40. The van der Waals surface area contributed by atoms with E-state index in [0.717, 1.165) is 5.56 Å². The Morgan fingerprint density at radius 1 is 1.38 bits per heavy atom. The number of hydrogen-bond acceptors (Lipinski definition) is 6. The molecule has 1 heterocycles. The molecule has 1 aliphatic rings. The Bertz CT molecular complexity index is 454. The van der Waals surface area contributed by atoms with Gasteiger partial charge < -0.3 is 19.3 Å². The van der Waals surface area contributed by atoms with Crippen LogP contribution in [0.2, 0.25) is 0 Å². The van der Waals surface area contributed by atoms with Gasteiger partial charge in [0, 0.05) is 18.5 Å². The molecule has 2 rings (SSSR count). The van der Waals surface area contributed by atoms with Crippen molar-refractivity contribution in [2.75, 3.05) is 13.7 Å². The molecule has 4 atom stereocenters. The molecule has 7 nitrogen and oxygen atoms in total. The SMILES string of the molecule is CO[C@@H]1O[C@H](CC[N+](=O)[O-])[C@H](OCc2ccccc2)[C@H]1O. The highest BCUT2D eigenvalue weighted by Crippen LogP contribution is 2.27. The van der Waals surface area contributed by atoms with E-state index in [-0.39, 0.29) is 13.0 Å². The molecule has 116 valence electrons. The van der Waals surface area contributed by atoms with Gasteiger partial charge in [0.25, 0.3) is 0 Å². The average molecular weight is 297 g/mol. The lowest BCUT2D eigenvalue weighted by atomic mass is 10.1. The van der Waals surface area contributed by atoms with Crippen molar-refractivity contribution in [2.24, 2.45) is 0 Å². The number of rotatable bonds is 7. The summed E-state index contributed by atoms with van der Waals surface area (Å²) in [6.07, 6.45) is -2.81. The second-order valence-electron chi connectivity index (χ2n) is 4.88. The van der Waals surface area contributed by atoms with Crippen molar-refractivity contribution in [3.8, 4) is 0 Å². The minimum absolute atomic E-state index is 0.170. The van der Waals surface area contributed by atoms with Crippen molar-refractivity contribution in [3.05, 3.63) is 46.0 Å². The summed E-state index contributed by atoms with van der Waals surface area (Å²) < 4.78 is 16.2. The average Bonchev–Trinajstić information content (AvgIpc) is 2.79. The molecule has 1 aromatic rings. The van der Waals surface area contributed by atoms with Gasteiger partial charge in [-0.25, -0.2) is 0 Å². The van der Waals surface area contributed by atoms with Crippen LogP contribution < -0.4 is 0 Å². The first kappa shape index (κ1) is 15.8. The van der Waals surface area contributed by atoms with Crippen LogP contribution in [0, 0.1) is 10.1 Å². The van der Waals surface area contributed by atoms with Gasteiger partial charge in [-0.3, -0.25) is 10.1 Å². The molecule has 0 amide bonds. The van der Waals surface area contributed by atoms with Gasteiger partial charge in [0.05, 0.1) is 12.7 Å². The van der Waals surface area contributed by atoms with E-state index in [0.29, 0.717) is 6.61 Å². The summed E-state index contributed by atoms with van der Waals surface area (Å²) in [5.41, 5.74) is 0.957. The minimum Gasteiger partial charge on any atom is -0.385 e. The third-order valence-electron chi connectivity index (χ3n) is 3.40. The second-order valence-corrected chi connectivity index (χ2v) is 4.88. The fraction of sp³-hybridized carbons (Fsp3) is 0.571. The summed E-state index contributed by atoms with van der Waals surface area (Å²) in [4.78, 5) is 10.1. The maximum absolute atomic E-state index is 10.5. The molecule has 0 unspecified atom stereocenters. The van der Waals surface area contributed by atoms with E-state index in [1.807, 2.05) is 30.3 Å². The van der Waals surface area contributed by atoms with Gasteiger partial charge in [-0.05, 0) is 5.56 Å². The predicted molar refractivity (Wildman–Crippen MR) is 73.2 cm³/mol. The zero-order valence-corrected chi connectivity index (χ0v) is 11.8. The number of ether oxygens (including phenoxy) is 3. The molecule has 7 heteroatoms. The van der Waals surface area contributed by atoms with Crippen molar-refractivity contribution in [3.63, 3.8) is 0 Å². The van der Waals surface area contributed by atoms with E-state index in [1.165, 1.54) is 7.11 Å². The summed E-state index contributed by atoms with van der Waals surface area (Å²) in [5, 5.41) is 20.6. The van der Waals surface area contributed by atoms with Gasteiger partial charge >= 0.3 is 0 Å². The number of aliphatic hydroxyl groups excluding tert-OH is 1. The van der Waals surface area contributed by atoms with Gasteiger partial charge in [0.15, 0.2) is 6.29 Å². The zero-order chi connectivity index (χ0) is 15.2. The van der Waals surface area contributed by atoms with Gasteiger partial charge in [-0.2, -0.15) is 0 Å². The van der Waals surface area contributed by atoms with Crippen LogP contribution in [-0.4, -0.2) is 48.3 Å². The Morgan fingerprint density at radius 2 is 2.10 bits per heavy atom. The van der Waals surface area contributed by atoms with Crippen molar-refractivity contribution in [2.45, 2.75) is 37.6 Å². The number of benzene rings is 1. The lowest BCUT2D eigenvalue weighted by molar-refractivity contribution is -0.482. The number of hydrogen-bond donors (Lipinski definition) is 1. The van der Waals surface area contributed by atoms with Crippen LogP contribution >= 0.6 is 0 Å². The van der Waals surface area contributed by atoms with Gasteiger partial charge in [0.2, 0.25) is 6.54 Å². The molecule has 1 aliphatic heterocycles. The molecule has 1 aromatic carbocycles. The van der Waals surface area contributed by atoms with Crippen molar-refractivity contribution in [1.29, 1.82) is 0 Å². The molecule has 0 aromatic heterocycles. The Morgan fingerprint density at radius 3 is 2.71 bits per heavy atom. The van der Waals surface area contributed by atoms with E-state index in [1.54, 1.807) is 0 Å². The third kappa shape index (κ3) is 4.21. The Hall–Kier alpha value is -1.54. The molecule has 0 saturated carbocycles. The molecule has 0 radical (unpaired) electrons. The van der Waals surface area contributed by atoms with Crippen LogP contribution in [-0.2, 0) is 20.8 Å². The van der Waals surface area contributed by atoms with Crippen molar-refractivity contribution >= 4 is 0 Å². The molecule has 0 aliphatic carbocycles. The molecule has 21 heavy (non-hydrogen) atoms. The lowest BCUT2D eigenvalue weighted by Crippen LogP contribution is -2.36. The number of aliphatic hydroxyl groups is 1. The van der Waals surface area contributed by atoms with E-state index in [9.17, 15) is 15.2 Å². The van der Waals surface area contributed by atoms with Crippen LogP contribution in [0.3, 0.4) is 0 Å². The summed E-state index contributed by atoms with van der Waals surface area (Å²) in [6, 6.07) is 9.49. The monoisotopic (exact) mass is 297 g/mol. The first-order valence-corrected chi connectivity index (χ1v) is 6.75. The first-order chi connectivity index (χ1) is 10.1. The van der Waals surface area contributed by atoms with E-state index >= 15 is 0 Å². The lowest BCUT2D eigenvalue weighted by Gasteiger charge is -2.19. The highest BCUT2D eigenvalue weighted by Gasteiger charge is 2.45. The summed E-state index contributed by atoms with van der Waals surface area (Å²) in [7, 11) is 1.41. The number of methoxy groups -OCH3 is 1. The fourth-order valence-corrected chi connectivity index (χ4v) is 2.34. The highest BCUT2D eigenvalue weighted by atomic mass is 16.7. The summed E-state index contributed by atoms with van der Waals surface area (Å²) in [5.74, 6) is 0. The largest absolute Gasteiger partial charge is 0.385 e. The number of nitro groups is 1. The van der Waals surface area contributed by atoms with Crippen LogP contribution in [0.1, 0.15) is 12.0 Å². The quantitative estimate of drug-likeness (QED) is 0.595. The maximum Gasteiger partial charge on any atom is 0.206 e. The van der Waals surface area contributed by atoms with Crippen LogP contribution in [0.4, 0.5) is 0 Å². The standard InChI is InChI=1S/C14H19NO6/c1-19-14-12(16)13(11(21-14)7-8-15(17)18)20-9-10-5-3-2-4-6-10/h2-6,11-14,16H,7-9H2,1H3/t11-,12-,13+,14-/m1/s1. The van der Waals surface area contributed by atoms with Gasteiger partial charge in [-0.1, -0.05) is 30.3 Å². The highest BCUT2D eigenvalue weighted by molar-refractivity contribution is 5.13. The molecule has 1 N–H and O–H groups in total. The van der Waals surface area contributed by atoms with E-state index < -0.39 is 29.5 Å². The van der Waals surface area contributed by atoms with Crippen molar-refractivity contribution < 1.29 is 24.2 Å². The molecule has 1 fully saturated rings. The van der Waals surface area contributed by atoms with E-state index in [2.05, 4.69) is 0 Å². The zero-order valence-electron chi connectivity index (χ0n) is 11.8. The van der Waals surface area contributed by atoms with Crippen LogP contribution in [0.5, 0.6) is 0 Å². The predicted octanol–water partition coefficient (Wildman–Crippen LogP) is 0.971. The van der Waals surface area contributed by atoms with Crippen LogP contribution in [0.25, 0.3) is 0 Å². The molecular weight excluding hydrogens is 278 g/mol. The Labute approximate surface area is 122 Å². The normalized spacial score (nSPS) is 28.7. The van der Waals surface area contributed by atoms with Gasteiger partial charge in [0.1, 0.15) is 12.2 Å². The smallest absolute Gasteiger partial charge is 0.206 e. The van der Waals surface area contributed by atoms with Gasteiger partial charge in [-0.15, -0.1) is 0 Å². The van der Waals surface area contributed by atoms with Crippen LogP contribution in [0.15, 0.2) is 30.3 Å². The first-order valence-electron chi connectivity index (χ1n) is 6.75. The molecule has 0 spiro atoms. The topological polar surface area (TPSA) is 91.1 Å². The summed E-state index contributed by atoms with van der Waals surface area (Å²) >= 11 is 0. The van der Waals surface area contributed by atoms with Crippen molar-refractivity contribution in [1.82, 2.24) is 0 Å². The fourth-order valence-electron chi connectivity index (χ4n) is 2.34.